The first-order valence-electron chi connectivity index (χ1n) is 8.02. The summed E-state index contributed by atoms with van der Waals surface area (Å²) < 4.78 is 2.03. The Labute approximate surface area is 124 Å². The zero-order valence-corrected chi connectivity index (χ0v) is 14.4. The molecule has 0 bridgehead atoms. The second-order valence-corrected chi connectivity index (χ2v) is 6.77. The van der Waals surface area contributed by atoms with E-state index in [4.69, 9.17) is 0 Å². The highest BCUT2D eigenvalue weighted by molar-refractivity contribution is 5.74. The molecule has 1 aliphatic carbocycles. The Morgan fingerprint density at radius 1 is 1.05 bits per heavy atom. The van der Waals surface area contributed by atoms with Crippen LogP contribution in [0.15, 0.2) is 5.57 Å². The van der Waals surface area contributed by atoms with Crippen molar-refractivity contribution in [2.75, 3.05) is 0 Å². The van der Waals surface area contributed by atoms with Crippen molar-refractivity contribution in [2.45, 2.75) is 54.9 Å². The molecule has 1 heterocycles. The van der Waals surface area contributed by atoms with Crippen molar-refractivity contribution in [3.63, 3.8) is 0 Å². The van der Waals surface area contributed by atoms with Crippen molar-refractivity contribution in [3.05, 3.63) is 22.5 Å². The molecule has 2 unspecified atom stereocenters. The van der Waals surface area contributed by atoms with E-state index < -0.39 is 0 Å². The molecule has 1 aromatic heterocycles. The van der Waals surface area contributed by atoms with Crippen molar-refractivity contribution < 1.29 is 0 Å². The molecule has 4 atom stereocenters. The molecule has 1 aliphatic rings. The number of aromatic nitrogens is 2. The molecule has 0 N–H and O–H groups in total. The van der Waals surface area contributed by atoms with E-state index in [9.17, 15) is 0 Å². The Bertz CT molecular complexity index is 536. The molecule has 2 heteroatoms. The Morgan fingerprint density at radius 2 is 1.65 bits per heavy atom. The van der Waals surface area contributed by atoms with E-state index in [1.807, 2.05) is 4.68 Å². The highest BCUT2D eigenvalue weighted by atomic mass is 15.3. The monoisotopic (exact) mass is 274 g/mol. The maximum Gasteiger partial charge on any atom is 0.0671 e. The van der Waals surface area contributed by atoms with Gasteiger partial charge in [0, 0.05) is 18.3 Å². The van der Waals surface area contributed by atoms with Gasteiger partial charge in [0.1, 0.15) is 0 Å². The van der Waals surface area contributed by atoms with Crippen molar-refractivity contribution >= 4 is 5.57 Å². The number of allylic oxidation sites excluding steroid dienone is 2. The van der Waals surface area contributed by atoms with Gasteiger partial charge in [-0.25, -0.2) is 0 Å². The fourth-order valence-electron chi connectivity index (χ4n) is 4.33. The first-order chi connectivity index (χ1) is 9.31. The molecular weight excluding hydrogens is 244 g/mol. The van der Waals surface area contributed by atoms with Crippen LogP contribution in [0.25, 0.3) is 5.57 Å². The molecule has 112 valence electrons. The lowest BCUT2D eigenvalue weighted by Crippen LogP contribution is -2.31. The van der Waals surface area contributed by atoms with Crippen LogP contribution in [0.3, 0.4) is 0 Å². The quantitative estimate of drug-likeness (QED) is 0.760. The Kier molecular flexibility index (Phi) is 4.13. The van der Waals surface area contributed by atoms with Crippen LogP contribution in [0.1, 0.15) is 58.0 Å². The standard InChI is InChI=1S/C18H30N2/c1-9-16-10(2)12(4)17(13(5)11(16)3)18-14(6)19-20(8)15(18)7/h10-12,16H,9H2,1-8H3/t10?,11-,12-,16?/m1/s1. The molecule has 2 nitrogen and oxygen atoms in total. The van der Waals surface area contributed by atoms with E-state index in [1.54, 1.807) is 11.1 Å². The van der Waals surface area contributed by atoms with Crippen LogP contribution < -0.4 is 0 Å². The molecule has 0 aromatic carbocycles. The molecule has 0 saturated carbocycles. The van der Waals surface area contributed by atoms with Gasteiger partial charge in [-0.3, -0.25) is 4.68 Å². The summed E-state index contributed by atoms with van der Waals surface area (Å²) in [5.74, 6) is 2.86. The highest BCUT2D eigenvalue weighted by Gasteiger charge is 2.37. The summed E-state index contributed by atoms with van der Waals surface area (Å²) in [5, 5.41) is 4.63. The van der Waals surface area contributed by atoms with Crippen LogP contribution in [0.4, 0.5) is 0 Å². The first kappa shape index (κ1) is 15.3. The SMILES string of the molecule is CCC1C(C)[C@@H](C)C(c2c(C)nn(C)c2C)=C(C)[C@H]1C. The largest absolute Gasteiger partial charge is 0.272 e. The third kappa shape index (κ3) is 2.13. The first-order valence-corrected chi connectivity index (χ1v) is 8.02. The van der Waals surface area contributed by atoms with Crippen LogP contribution in [0.5, 0.6) is 0 Å². The lowest BCUT2D eigenvalue weighted by atomic mass is 9.63. The summed E-state index contributed by atoms with van der Waals surface area (Å²) in [6.45, 7) is 16.3. The summed E-state index contributed by atoms with van der Waals surface area (Å²) in [7, 11) is 2.05. The van der Waals surface area contributed by atoms with Gasteiger partial charge in [0.25, 0.3) is 0 Å². The predicted octanol–water partition coefficient (Wildman–Crippen LogP) is 4.76. The molecule has 0 saturated heterocycles. The maximum absolute atomic E-state index is 4.63. The molecular formula is C18H30N2. The van der Waals surface area contributed by atoms with E-state index in [2.05, 4.69) is 60.6 Å². The van der Waals surface area contributed by atoms with Gasteiger partial charge in [-0.05, 0) is 50.0 Å². The maximum atomic E-state index is 4.63. The van der Waals surface area contributed by atoms with Crippen molar-refractivity contribution in [2.24, 2.45) is 30.7 Å². The average molecular weight is 274 g/mol. The van der Waals surface area contributed by atoms with E-state index in [-0.39, 0.29) is 0 Å². The minimum Gasteiger partial charge on any atom is -0.272 e. The van der Waals surface area contributed by atoms with Gasteiger partial charge < -0.3 is 0 Å². The Hall–Kier alpha value is -1.05. The lowest BCUT2D eigenvalue weighted by Gasteiger charge is -2.41. The number of nitrogens with zero attached hydrogens (tertiary/aromatic N) is 2. The van der Waals surface area contributed by atoms with Gasteiger partial charge in [0.2, 0.25) is 0 Å². The summed E-state index contributed by atoms with van der Waals surface area (Å²) in [6.07, 6.45) is 1.28. The lowest BCUT2D eigenvalue weighted by molar-refractivity contribution is 0.219. The third-order valence-corrected chi connectivity index (χ3v) is 5.92. The van der Waals surface area contributed by atoms with Crippen LogP contribution in [-0.4, -0.2) is 9.78 Å². The van der Waals surface area contributed by atoms with Gasteiger partial charge in [0.15, 0.2) is 0 Å². The minimum atomic E-state index is 0.623. The molecule has 1 aromatic rings. The molecule has 0 amide bonds. The molecule has 0 fully saturated rings. The van der Waals surface area contributed by atoms with E-state index in [0.29, 0.717) is 11.8 Å². The van der Waals surface area contributed by atoms with Gasteiger partial charge in [-0.2, -0.15) is 5.10 Å². The topological polar surface area (TPSA) is 17.8 Å². The summed E-state index contributed by atoms with van der Waals surface area (Å²) in [5.41, 5.74) is 7.05. The zero-order valence-electron chi connectivity index (χ0n) is 14.4. The Morgan fingerprint density at radius 3 is 2.10 bits per heavy atom. The molecule has 20 heavy (non-hydrogen) atoms. The van der Waals surface area contributed by atoms with Crippen molar-refractivity contribution in [3.8, 4) is 0 Å². The van der Waals surface area contributed by atoms with E-state index >= 15 is 0 Å². The summed E-state index contributed by atoms with van der Waals surface area (Å²) >= 11 is 0. The Balaban J connectivity index is 2.62. The zero-order chi connectivity index (χ0) is 15.2. The van der Waals surface area contributed by atoms with Crippen molar-refractivity contribution in [1.82, 2.24) is 9.78 Å². The van der Waals surface area contributed by atoms with Gasteiger partial charge in [-0.1, -0.05) is 39.7 Å². The van der Waals surface area contributed by atoms with Crippen molar-refractivity contribution in [1.29, 1.82) is 0 Å². The van der Waals surface area contributed by atoms with Crippen LogP contribution >= 0.6 is 0 Å². The third-order valence-electron chi connectivity index (χ3n) is 5.92. The summed E-state index contributed by atoms with van der Waals surface area (Å²) in [6, 6.07) is 0. The van der Waals surface area contributed by atoms with Crippen LogP contribution in [0.2, 0.25) is 0 Å². The van der Waals surface area contributed by atoms with Gasteiger partial charge in [0.05, 0.1) is 5.69 Å². The smallest absolute Gasteiger partial charge is 0.0671 e. The predicted molar refractivity (Wildman–Crippen MR) is 86.5 cm³/mol. The van der Waals surface area contributed by atoms with Gasteiger partial charge in [-0.15, -0.1) is 0 Å². The number of hydrogen-bond acceptors (Lipinski definition) is 1. The fraction of sp³-hybridized carbons (Fsp3) is 0.722. The number of rotatable bonds is 2. The van der Waals surface area contributed by atoms with Gasteiger partial charge >= 0.3 is 0 Å². The molecule has 0 spiro atoms. The molecule has 0 radical (unpaired) electrons. The van der Waals surface area contributed by atoms with Crippen LogP contribution in [0, 0.1) is 37.5 Å². The highest BCUT2D eigenvalue weighted by Crippen LogP contribution is 2.48. The number of aryl methyl sites for hydroxylation is 2. The second-order valence-electron chi connectivity index (χ2n) is 6.77. The molecule has 2 rings (SSSR count). The van der Waals surface area contributed by atoms with Crippen LogP contribution in [-0.2, 0) is 7.05 Å². The van der Waals surface area contributed by atoms with E-state index in [0.717, 1.165) is 11.8 Å². The number of hydrogen-bond donors (Lipinski definition) is 0. The normalized spacial score (nSPS) is 31.0. The average Bonchev–Trinajstić information content (AvgIpc) is 2.64. The summed E-state index contributed by atoms with van der Waals surface area (Å²) in [4.78, 5) is 0. The second kappa shape index (κ2) is 5.38. The minimum absolute atomic E-state index is 0.623. The van der Waals surface area contributed by atoms with E-state index in [1.165, 1.54) is 23.4 Å². The fourth-order valence-corrected chi connectivity index (χ4v) is 4.33. The molecule has 0 aliphatic heterocycles.